The lowest BCUT2D eigenvalue weighted by molar-refractivity contribution is -0.129. The number of carbonyl (C=O) groups excluding carboxylic acids is 1. The quantitative estimate of drug-likeness (QED) is 0.645. The molecule has 3 nitrogen and oxygen atoms in total. The van der Waals surface area contributed by atoms with Gasteiger partial charge in [-0.05, 0) is 17.7 Å². The van der Waals surface area contributed by atoms with Gasteiger partial charge in [0.2, 0.25) is 5.91 Å². The van der Waals surface area contributed by atoms with Crippen LogP contribution in [0, 0.1) is 0 Å². The molecule has 17 heavy (non-hydrogen) atoms. The summed E-state index contributed by atoms with van der Waals surface area (Å²) in [5.41, 5.74) is 1.12. The third-order valence-corrected chi connectivity index (χ3v) is 2.85. The van der Waals surface area contributed by atoms with Gasteiger partial charge >= 0.3 is 0 Å². The smallest absolute Gasteiger partial charge is 0.236 e. The number of carbonyl (C=O) groups is 1. The molecule has 0 aliphatic heterocycles. The second kappa shape index (κ2) is 7.25. The fraction of sp³-hybridized carbons (Fsp3) is 0.308. The Morgan fingerprint density at radius 3 is 2.71 bits per heavy atom. The fourth-order valence-corrected chi connectivity index (χ4v) is 1.63. The first kappa shape index (κ1) is 13.9. The van der Waals surface area contributed by atoms with Crippen molar-refractivity contribution < 1.29 is 4.79 Å². The highest BCUT2D eigenvalue weighted by Crippen LogP contribution is 2.11. The predicted octanol–water partition coefficient (Wildman–Crippen LogP) is 2.18. The van der Waals surface area contributed by atoms with Gasteiger partial charge in [-0.2, -0.15) is 0 Å². The van der Waals surface area contributed by atoms with E-state index >= 15 is 0 Å². The molecule has 1 aromatic carbocycles. The maximum absolute atomic E-state index is 11.7. The summed E-state index contributed by atoms with van der Waals surface area (Å²) >= 11 is 3.38. The number of nitrogens with one attached hydrogen (secondary N) is 1. The van der Waals surface area contributed by atoms with E-state index in [1.807, 2.05) is 24.3 Å². The van der Waals surface area contributed by atoms with Gasteiger partial charge in [0, 0.05) is 24.6 Å². The summed E-state index contributed by atoms with van der Waals surface area (Å²) in [6.45, 7) is 5.21. The van der Waals surface area contributed by atoms with Crippen molar-refractivity contribution in [3.63, 3.8) is 0 Å². The zero-order valence-corrected chi connectivity index (χ0v) is 11.5. The van der Waals surface area contributed by atoms with E-state index in [0.717, 1.165) is 10.0 Å². The lowest BCUT2D eigenvalue weighted by Gasteiger charge is -2.17. The van der Waals surface area contributed by atoms with E-state index in [0.29, 0.717) is 19.6 Å². The van der Waals surface area contributed by atoms with Gasteiger partial charge in [-0.1, -0.05) is 34.1 Å². The van der Waals surface area contributed by atoms with E-state index in [2.05, 4.69) is 27.8 Å². The van der Waals surface area contributed by atoms with E-state index < -0.39 is 0 Å². The molecule has 0 atom stereocenters. The van der Waals surface area contributed by atoms with Crippen LogP contribution >= 0.6 is 15.9 Å². The number of likely N-dealkylation sites (N-methyl/N-ethyl adjacent to an activating group) is 1. The second-order valence-corrected chi connectivity index (χ2v) is 4.71. The summed E-state index contributed by atoms with van der Waals surface area (Å²) in [7, 11) is 1.81. The molecule has 0 aliphatic carbocycles. The Morgan fingerprint density at radius 2 is 2.12 bits per heavy atom. The molecule has 1 rings (SSSR count). The monoisotopic (exact) mass is 296 g/mol. The van der Waals surface area contributed by atoms with E-state index in [4.69, 9.17) is 0 Å². The molecule has 0 radical (unpaired) electrons. The lowest BCUT2D eigenvalue weighted by atomic mass is 10.2. The maximum atomic E-state index is 11.7. The Hall–Kier alpha value is -1.13. The SMILES string of the molecule is C=CCNCC(=O)N(C)Cc1ccc(Br)cc1. The Kier molecular flexibility index (Phi) is 5.94. The number of hydrogen-bond acceptors (Lipinski definition) is 2. The summed E-state index contributed by atoms with van der Waals surface area (Å²) in [5.74, 6) is 0.0785. The van der Waals surface area contributed by atoms with Crippen molar-refractivity contribution in [2.24, 2.45) is 0 Å². The summed E-state index contributed by atoms with van der Waals surface area (Å²) in [6, 6.07) is 7.96. The Balaban J connectivity index is 2.42. The van der Waals surface area contributed by atoms with Crippen LogP contribution in [0.4, 0.5) is 0 Å². The van der Waals surface area contributed by atoms with E-state index in [-0.39, 0.29) is 5.91 Å². The molecule has 0 aromatic heterocycles. The summed E-state index contributed by atoms with van der Waals surface area (Å²) in [4.78, 5) is 13.4. The van der Waals surface area contributed by atoms with Crippen LogP contribution in [0.5, 0.6) is 0 Å². The van der Waals surface area contributed by atoms with Crippen molar-refractivity contribution in [2.45, 2.75) is 6.54 Å². The third kappa shape index (κ3) is 5.15. The van der Waals surface area contributed by atoms with Gasteiger partial charge in [0.1, 0.15) is 0 Å². The average molecular weight is 297 g/mol. The molecule has 1 amide bonds. The first-order chi connectivity index (χ1) is 8.13. The van der Waals surface area contributed by atoms with Gasteiger partial charge in [0.25, 0.3) is 0 Å². The normalized spacial score (nSPS) is 10.0. The molecule has 0 saturated heterocycles. The van der Waals surface area contributed by atoms with Crippen molar-refractivity contribution in [3.05, 3.63) is 47.0 Å². The van der Waals surface area contributed by atoms with Gasteiger partial charge in [-0.15, -0.1) is 6.58 Å². The number of halogens is 1. The molecule has 0 heterocycles. The Bertz CT molecular complexity index is 376. The summed E-state index contributed by atoms with van der Waals surface area (Å²) < 4.78 is 1.04. The van der Waals surface area contributed by atoms with Crippen LogP contribution in [-0.2, 0) is 11.3 Å². The molecule has 0 fully saturated rings. The van der Waals surface area contributed by atoms with Crippen LogP contribution in [0.1, 0.15) is 5.56 Å². The van der Waals surface area contributed by atoms with Crippen molar-refractivity contribution in [1.82, 2.24) is 10.2 Å². The van der Waals surface area contributed by atoms with Gasteiger partial charge < -0.3 is 10.2 Å². The van der Waals surface area contributed by atoms with Crippen LogP contribution in [-0.4, -0.2) is 30.9 Å². The first-order valence-electron chi connectivity index (χ1n) is 5.43. The minimum Gasteiger partial charge on any atom is -0.340 e. The van der Waals surface area contributed by atoms with E-state index in [1.54, 1.807) is 18.0 Å². The zero-order chi connectivity index (χ0) is 12.7. The highest BCUT2D eigenvalue weighted by molar-refractivity contribution is 9.10. The highest BCUT2D eigenvalue weighted by Gasteiger charge is 2.07. The largest absolute Gasteiger partial charge is 0.340 e. The fourth-order valence-electron chi connectivity index (χ4n) is 1.37. The standard InChI is InChI=1S/C13H17BrN2O/c1-3-8-15-9-13(17)16(2)10-11-4-6-12(14)7-5-11/h3-7,15H,1,8-10H2,2H3. The second-order valence-electron chi connectivity index (χ2n) is 3.80. The van der Waals surface area contributed by atoms with Gasteiger partial charge in [-0.25, -0.2) is 0 Å². The molecule has 0 aliphatic rings. The Morgan fingerprint density at radius 1 is 1.47 bits per heavy atom. The van der Waals surface area contributed by atoms with Crippen LogP contribution in [0.3, 0.4) is 0 Å². The Labute approximate surface area is 111 Å². The zero-order valence-electron chi connectivity index (χ0n) is 9.95. The van der Waals surface area contributed by atoms with Crippen molar-refractivity contribution in [1.29, 1.82) is 0 Å². The van der Waals surface area contributed by atoms with Gasteiger partial charge in [0.05, 0.1) is 6.54 Å². The molecule has 1 aromatic rings. The molecular weight excluding hydrogens is 280 g/mol. The molecule has 0 unspecified atom stereocenters. The van der Waals surface area contributed by atoms with Crippen LogP contribution in [0.25, 0.3) is 0 Å². The maximum Gasteiger partial charge on any atom is 0.236 e. The van der Waals surface area contributed by atoms with Gasteiger partial charge in [0.15, 0.2) is 0 Å². The van der Waals surface area contributed by atoms with Crippen molar-refractivity contribution >= 4 is 21.8 Å². The minimum atomic E-state index is 0.0785. The summed E-state index contributed by atoms with van der Waals surface area (Å²) in [6.07, 6.45) is 1.74. The number of benzene rings is 1. The minimum absolute atomic E-state index is 0.0785. The molecule has 1 N–H and O–H groups in total. The van der Waals surface area contributed by atoms with Crippen LogP contribution < -0.4 is 5.32 Å². The molecule has 4 heteroatoms. The topological polar surface area (TPSA) is 32.3 Å². The first-order valence-corrected chi connectivity index (χ1v) is 6.23. The third-order valence-electron chi connectivity index (χ3n) is 2.32. The predicted molar refractivity (Wildman–Crippen MR) is 73.7 cm³/mol. The molecule has 92 valence electrons. The summed E-state index contributed by atoms with van der Waals surface area (Å²) in [5, 5.41) is 2.99. The molecular formula is C13H17BrN2O. The number of amides is 1. The molecule has 0 saturated carbocycles. The number of hydrogen-bond donors (Lipinski definition) is 1. The number of nitrogens with zero attached hydrogens (tertiary/aromatic N) is 1. The van der Waals surface area contributed by atoms with Crippen LogP contribution in [0.2, 0.25) is 0 Å². The molecule has 0 spiro atoms. The van der Waals surface area contributed by atoms with Gasteiger partial charge in [-0.3, -0.25) is 4.79 Å². The van der Waals surface area contributed by atoms with Crippen molar-refractivity contribution in [3.8, 4) is 0 Å². The average Bonchev–Trinajstić information content (AvgIpc) is 2.32. The molecule has 0 bridgehead atoms. The van der Waals surface area contributed by atoms with Crippen molar-refractivity contribution in [2.75, 3.05) is 20.1 Å². The number of rotatable bonds is 6. The van der Waals surface area contributed by atoms with E-state index in [1.165, 1.54) is 0 Å². The van der Waals surface area contributed by atoms with Crippen LogP contribution in [0.15, 0.2) is 41.4 Å². The van der Waals surface area contributed by atoms with E-state index in [9.17, 15) is 4.79 Å². The lowest BCUT2D eigenvalue weighted by Crippen LogP contribution is -2.35. The highest BCUT2D eigenvalue weighted by atomic mass is 79.9.